The molecule has 0 spiro atoms. The summed E-state index contributed by atoms with van der Waals surface area (Å²) < 4.78 is 6.63. The molecule has 0 amide bonds. The minimum Gasteiger partial charge on any atom is -0.489 e. The van der Waals surface area contributed by atoms with Gasteiger partial charge >= 0.3 is 0 Å². The Labute approximate surface area is 92.0 Å². The van der Waals surface area contributed by atoms with E-state index in [1.165, 1.54) is 0 Å². The van der Waals surface area contributed by atoms with Crippen molar-refractivity contribution in [2.75, 3.05) is 13.1 Å². The van der Waals surface area contributed by atoms with Crippen LogP contribution in [0.15, 0.2) is 22.9 Å². The number of nitrogens with one attached hydrogen (secondary N) is 1. The molecule has 1 saturated heterocycles. The van der Waals surface area contributed by atoms with Gasteiger partial charge in [-0.1, -0.05) is 0 Å². The summed E-state index contributed by atoms with van der Waals surface area (Å²) in [6, 6.07) is 3.84. The molecule has 0 saturated carbocycles. The molecular formula is C10H13BrN2O. The fourth-order valence-corrected chi connectivity index (χ4v) is 1.77. The van der Waals surface area contributed by atoms with Crippen LogP contribution in [-0.4, -0.2) is 24.2 Å². The van der Waals surface area contributed by atoms with Crippen LogP contribution in [0.2, 0.25) is 0 Å². The normalized spacial score (nSPS) is 18.1. The second-order valence-electron chi connectivity index (χ2n) is 3.38. The molecular weight excluding hydrogens is 244 g/mol. The third-order valence-corrected chi connectivity index (χ3v) is 2.76. The summed E-state index contributed by atoms with van der Waals surface area (Å²) >= 11 is 3.29. The molecule has 1 aliphatic heterocycles. The predicted octanol–water partition coefficient (Wildman–Crippen LogP) is 1.97. The molecule has 3 nitrogen and oxygen atoms in total. The van der Waals surface area contributed by atoms with E-state index in [4.69, 9.17) is 4.74 Å². The summed E-state index contributed by atoms with van der Waals surface area (Å²) in [6.07, 6.45) is 4.26. The second-order valence-corrected chi connectivity index (χ2v) is 4.20. The number of pyridine rings is 1. The van der Waals surface area contributed by atoms with Gasteiger partial charge in [-0.15, -0.1) is 0 Å². The monoisotopic (exact) mass is 256 g/mol. The zero-order chi connectivity index (χ0) is 9.80. The van der Waals surface area contributed by atoms with E-state index in [0.29, 0.717) is 6.10 Å². The maximum absolute atomic E-state index is 5.79. The van der Waals surface area contributed by atoms with Crippen molar-refractivity contribution in [2.45, 2.75) is 18.9 Å². The Morgan fingerprint density at radius 1 is 1.36 bits per heavy atom. The lowest BCUT2D eigenvalue weighted by molar-refractivity contribution is 0.162. The number of halogens is 1. The van der Waals surface area contributed by atoms with Crippen molar-refractivity contribution in [3.63, 3.8) is 0 Å². The molecule has 1 aromatic heterocycles. The average molecular weight is 257 g/mol. The minimum atomic E-state index is 0.347. The minimum absolute atomic E-state index is 0.347. The summed E-state index contributed by atoms with van der Waals surface area (Å²) in [7, 11) is 0. The Bertz CT molecular complexity index is 283. The highest BCUT2D eigenvalue weighted by molar-refractivity contribution is 9.10. The van der Waals surface area contributed by atoms with Crippen molar-refractivity contribution >= 4 is 15.9 Å². The van der Waals surface area contributed by atoms with Crippen molar-refractivity contribution in [3.8, 4) is 5.75 Å². The number of hydrogen-bond donors (Lipinski definition) is 1. The van der Waals surface area contributed by atoms with Gasteiger partial charge in [0.05, 0.1) is 6.20 Å². The van der Waals surface area contributed by atoms with Crippen LogP contribution in [0.25, 0.3) is 0 Å². The quantitative estimate of drug-likeness (QED) is 0.822. The van der Waals surface area contributed by atoms with Gasteiger partial charge in [-0.25, -0.2) is 4.98 Å². The van der Waals surface area contributed by atoms with Gasteiger partial charge in [0.2, 0.25) is 0 Å². The molecule has 0 atom stereocenters. The van der Waals surface area contributed by atoms with Crippen LogP contribution < -0.4 is 10.1 Å². The topological polar surface area (TPSA) is 34.1 Å². The number of ether oxygens (including phenoxy) is 1. The molecule has 0 aromatic carbocycles. The van der Waals surface area contributed by atoms with Crippen LogP contribution in [0.4, 0.5) is 0 Å². The molecule has 0 bridgehead atoms. The SMILES string of the molecule is Brc1ccc(OC2CCNCC2)cn1. The molecule has 1 N–H and O–H groups in total. The molecule has 0 radical (unpaired) electrons. The Balaban J connectivity index is 1.92. The van der Waals surface area contributed by atoms with Crippen LogP contribution in [0.1, 0.15) is 12.8 Å². The van der Waals surface area contributed by atoms with Crippen LogP contribution in [0, 0.1) is 0 Å². The maximum Gasteiger partial charge on any atom is 0.138 e. The molecule has 2 rings (SSSR count). The smallest absolute Gasteiger partial charge is 0.138 e. The van der Waals surface area contributed by atoms with E-state index < -0.39 is 0 Å². The van der Waals surface area contributed by atoms with Crippen LogP contribution in [0.3, 0.4) is 0 Å². The van der Waals surface area contributed by atoms with Gasteiger partial charge in [0.25, 0.3) is 0 Å². The third-order valence-electron chi connectivity index (χ3n) is 2.29. The van der Waals surface area contributed by atoms with E-state index in [9.17, 15) is 0 Å². The third kappa shape index (κ3) is 2.69. The second kappa shape index (κ2) is 4.75. The molecule has 1 aromatic rings. The number of piperidine rings is 1. The summed E-state index contributed by atoms with van der Waals surface area (Å²) in [5.41, 5.74) is 0. The number of nitrogens with zero attached hydrogens (tertiary/aromatic N) is 1. The largest absolute Gasteiger partial charge is 0.489 e. The Kier molecular flexibility index (Phi) is 3.37. The zero-order valence-corrected chi connectivity index (χ0v) is 9.46. The van der Waals surface area contributed by atoms with Crippen molar-refractivity contribution < 1.29 is 4.74 Å². The first-order chi connectivity index (χ1) is 6.84. The van der Waals surface area contributed by atoms with Gasteiger partial charge in [-0.05, 0) is 54.0 Å². The molecule has 0 unspecified atom stereocenters. The molecule has 14 heavy (non-hydrogen) atoms. The predicted molar refractivity (Wildman–Crippen MR) is 58.5 cm³/mol. The highest BCUT2D eigenvalue weighted by Gasteiger charge is 2.14. The van der Waals surface area contributed by atoms with Crippen molar-refractivity contribution in [3.05, 3.63) is 22.9 Å². The summed E-state index contributed by atoms with van der Waals surface area (Å²) in [5, 5.41) is 3.31. The first-order valence-electron chi connectivity index (χ1n) is 4.83. The van der Waals surface area contributed by atoms with E-state index in [2.05, 4.69) is 26.2 Å². The van der Waals surface area contributed by atoms with Crippen molar-refractivity contribution in [2.24, 2.45) is 0 Å². The van der Waals surface area contributed by atoms with Crippen molar-refractivity contribution in [1.29, 1.82) is 0 Å². The van der Waals surface area contributed by atoms with E-state index in [1.54, 1.807) is 6.20 Å². The first kappa shape index (κ1) is 9.93. The average Bonchev–Trinajstić information content (AvgIpc) is 2.23. The molecule has 76 valence electrons. The van der Waals surface area contributed by atoms with Crippen molar-refractivity contribution in [1.82, 2.24) is 10.3 Å². The van der Waals surface area contributed by atoms with Crippen LogP contribution in [-0.2, 0) is 0 Å². The fourth-order valence-electron chi connectivity index (χ4n) is 1.54. The van der Waals surface area contributed by atoms with Gasteiger partial charge < -0.3 is 10.1 Å². The van der Waals surface area contributed by atoms with Gasteiger partial charge in [0, 0.05) is 0 Å². The lowest BCUT2D eigenvalue weighted by Gasteiger charge is -2.23. The highest BCUT2D eigenvalue weighted by Crippen LogP contribution is 2.17. The Hall–Kier alpha value is -0.610. The van der Waals surface area contributed by atoms with Crippen LogP contribution in [0.5, 0.6) is 5.75 Å². The first-order valence-corrected chi connectivity index (χ1v) is 5.63. The van der Waals surface area contributed by atoms with E-state index in [1.807, 2.05) is 12.1 Å². The molecule has 0 aliphatic carbocycles. The van der Waals surface area contributed by atoms with E-state index >= 15 is 0 Å². The number of rotatable bonds is 2. The molecule has 1 aliphatic rings. The van der Waals surface area contributed by atoms with Gasteiger partial charge in [0.15, 0.2) is 0 Å². The lowest BCUT2D eigenvalue weighted by Crippen LogP contribution is -2.34. The van der Waals surface area contributed by atoms with Gasteiger partial charge in [0.1, 0.15) is 16.5 Å². The van der Waals surface area contributed by atoms with Gasteiger partial charge in [-0.3, -0.25) is 0 Å². The highest BCUT2D eigenvalue weighted by atomic mass is 79.9. The maximum atomic E-state index is 5.79. The Morgan fingerprint density at radius 2 is 2.14 bits per heavy atom. The zero-order valence-electron chi connectivity index (χ0n) is 7.87. The van der Waals surface area contributed by atoms with Gasteiger partial charge in [-0.2, -0.15) is 0 Å². The summed E-state index contributed by atoms with van der Waals surface area (Å²) in [6.45, 7) is 2.10. The summed E-state index contributed by atoms with van der Waals surface area (Å²) in [4.78, 5) is 4.12. The number of aromatic nitrogens is 1. The Morgan fingerprint density at radius 3 is 2.79 bits per heavy atom. The summed E-state index contributed by atoms with van der Waals surface area (Å²) in [5.74, 6) is 0.861. The lowest BCUT2D eigenvalue weighted by atomic mass is 10.1. The fraction of sp³-hybridized carbons (Fsp3) is 0.500. The standard InChI is InChI=1S/C10H13BrN2O/c11-10-2-1-9(7-13-10)14-8-3-5-12-6-4-8/h1-2,7-8,12H,3-6H2. The van der Waals surface area contributed by atoms with E-state index in [0.717, 1.165) is 36.3 Å². The molecule has 4 heteroatoms. The van der Waals surface area contributed by atoms with Crippen LogP contribution >= 0.6 is 15.9 Å². The number of hydrogen-bond acceptors (Lipinski definition) is 3. The van der Waals surface area contributed by atoms with E-state index in [-0.39, 0.29) is 0 Å². The molecule has 2 heterocycles. The molecule has 1 fully saturated rings.